The normalized spacial score (nSPS) is 11.9. The first kappa shape index (κ1) is 23.3. The molecule has 4 N–H and O–H groups in total. The molecule has 0 aliphatic rings. The van der Waals surface area contributed by atoms with Crippen molar-refractivity contribution in [2.75, 3.05) is 20.3 Å². The van der Waals surface area contributed by atoms with Crippen molar-refractivity contribution in [1.29, 1.82) is 0 Å². The summed E-state index contributed by atoms with van der Waals surface area (Å²) in [5.74, 6) is 1.35. The van der Waals surface area contributed by atoms with Gasteiger partial charge in [-0.05, 0) is 35.9 Å². The summed E-state index contributed by atoms with van der Waals surface area (Å²) in [4.78, 5) is 23.9. The first-order valence-corrected chi connectivity index (χ1v) is 11.6. The number of fused-ring (bicyclic) bond motifs is 1. The van der Waals surface area contributed by atoms with Crippen LogP contribution in [0.5, 0.6) is 11.5 Å². The van der Waals surface area contributed by atoms with Crippen molar-refractivity contribution in [3.05, 3.63) is 102 Å². The van der Waals surface area contributed by atoms with Gasteiger partial charge in [-0.1, -0.05) is 42.5 Å². The van der Waals surface area contributed by atoms with Crippen LogP contribution in [0.1, 0.15) is 27.7 Å². The molecule has 1 atom stereocenters. The first-order chi connectivity index (χ1) is 17.6. The summed E-state index contributed by atoms with van der Waals surface area (Å²) in [5, 5.41) is 14.3. The summed E-state index contributed by atoms with van der Waals surface area (Å²) in [6.45, 7) is 0.803. The Kier molecular flexibility index (Phi) is 6.79. The third-order valence-corrected chi connectivity index (χ3v) is 5.84. The van der Waals surface area contributed by atoms with Gasteiger partial charge in [0.1, 0.15) is 23.4 Å². The molecule has 0 fully saturated rings. The predicted octanol–water partition coefficient (Wildman–Crippen LogP) is 4.81. The number of nitrogens with zero attached hydrogens (tertiary/aromatic N) is 1. The van der Waals surface area contributed by atoms with Gasteiger partial charge in [-0.15, -0.1) is 0 Å². The number of benzene rings is 3. The summed E-state index contributed by atoms with van der Waals surface area (Å²) in [6.07, 6.45) is 2.66. The van der Waals surface area contributed by atoms with E-state index in [2.05, 4.69) is 20.3 Å². The van der Waals surface area contributed by atoms with Crippen LogP contribution >= 0.6 is 0 Å². The number of imidazole rings is 1. The van der Waals surface area contributed by atoms with Crippen LogP contribution in [0, 0.1) is 0 Å². The van der Waals surface area contributed by atoms with Crippen LogP contribution < -0.4 is 10.1 Å². The summed E-state index contributed by atoms with van der Waals surface area (Å²) < 4.78 is 11.2. The quantitative estimate of drug-likeness (QED) is 0.225. The van der Waals surface area contributed by atoms with E-state index in [1.54, 1.807) is 25.6 Å². The summed E-state index contributed by atoms with van der Waals surface area (Å²) in [5.41, 5.74) is 3.36. The van der Waals surface area contributed by atoms with Crippen molar-refractivity contribution < 1.29 is 19.4 Å². The molecule has 182 valence electrons. The lowest BCUT2D eigenvalue weighted by molar-refractivity contribution is 0.0936. The second-order valence-corrected chi connectivity index (χ2v) is 8.24. The van der Waals surface area contributed by atoms with E-state index in [-0.39, 0.29) is 5.91 Å². The van der Waals surface area contributed by atoms with Gasteiger partial charge in [-0.25, -0.2) is 4.98 Å². The van der Waals surface area contributed by atoms with Crippen LogP contribution in [-0.2, 0) is 4.74 Å². The highest BCUT2D eigenvalue weighted by Gasteiger charge is 2.19. The number of carbonyl (C=O) groups is 1. The lowest BCUT2D eigenvalue weighted by Gasteiger charge is -2.13. The van der Waals surface area contributed by atoms with Crippen LogP contribution in [0.15, 0.2) is 85.2 Å². The van der Waals surface area contributed by atoms with Crippen molar-refractivity contribution in [3.63, 3.8) is 0 Å². The molecule has 0 saturated heterocycles. The molecule has 0 saturated carbocycles. The zero-order valence-corrected chi connectivity index (χ0v) is 19.7. The number of hydrogen-bond acceptors (Lipinski definition) is 5. The van der Waals surface area contributed by atoms with E-state index in [0.717, 1.165) is 22.0 Å². The topological polar surface area (TPSA) is 112 Å². The molecule has 2 aromatic heterocycles. The third-order valence-electron chi connectivity index (χ3n) is 5.84. The molecule has 8 heteroatoms. The molecule has 8 nitrogen and oxygen atoms in total. The number of aliphatic hydroxyl groups is 1. The van der Waals surface area contributed by atoms with Gasteiger partial charge in [0.25, 0.3) is 5.91 Å². The molecule has 2 heterocycles. The van der Waals surface area contributed by atoms with E-state index < -0.39 is 6.10 Å². The number of aliphatic hydroxyl groups excluding tert-OH is 1. The Morgan fingerprint density at radius 3 is 2.75 bits per heavy atom. The molecule has 0 aliphatic heterocycles. The maximum atomic E-state index is 13.0. The van der Waals surface area contributed by atoms with Gasteiger partial charge in [0.15, 0.2) is 0 Å². The average molecular weight is 483 g/mol. The molecule has 0 bridgehead atoms. The standard InChI is InChI=1S/C28H26N4O4/c1-35-15-14-30-28(34)25-21-12-13-29-22(21)10-11-24(25)36-20-9-5-8-19(16-20)27-31-17-23(32-27)26(33)18-6-3-2-4-7-18/h2-13,16-17,26,29,33H,14-15H2,1H3,(H,30,34)(H,31,32). The Hall–Kier alpha value is -4.40. The molecule has 1 unspecified atom stereocenters. The summed E-state index contributed by atoms with van der Waals surface area (Å²) in [6, 6.07) is 22.3. The van der Waals surface area contributed by atoms with Crippen molar-refractivity contribution in [2.45, 2.75) is 6.10 Å². The molecule has 36 heavy (non-hydrogen) atoms. The zero-order valence-electron chi connectivity index (χ0n) is 19.7. The Morgan fingerprint density at radius 1 is 1.06 bits per heavy atom. The van der Waals surface area contributed by atoms with Crippen molar-refractivity contribution >= 4 is 16.8 Å². The number of hydrogen-bond donors (Lipinski definition) is 4. The number of ether oxygens (including phenoxy) is 2. The molecule has 0 radical (unpaired) electrons. The van der Waals surface area contributed by atoms with Crippen molar-refractivity contribution in [3.8, 4) is 22.9 Å². The number of rotatable bonds is 9. The highest BCUT2D eigenvalue weighted by molar-refractivity contribution is 6.09. The molecular weight excluding hydrogens is 456 g/mol. The number of carbonyl (C=O) groups excluding carboxylic acids is 1. The van der Waals surface area contributed by atoms with Gasteiger partial charge in [-0.3, -0.25) is 4.79 Å². The van der Waals surface area contributed by atoms with Crippen molar-refractivity contribution in [1.82, 2.24) is 20.3 Å². The number of nitrogens with one attached hydrogen (secondary N) is 3. The van der Waals surface area contributed by atoms with E-state index in [0.29, 0.717) is 41.7 Å². The van der Waals surface area contributed by atoms with E-state index in [1.165, 1.54) is 0 Å². The van der Waals surface area contributed by atoms with Crippen LogP contribution in [0.4, 0.5) is 0 Å². The fourth-order valence-electron chi connectivity index (χ4n) is 4.05. The van der Waals surface area contributed by atoms with Crippen LogP contribution in [0.25, 0.3) is 22.3 Å². The fourth-order valence-corrected chi connectivity index (χ4v) is 4.05. The van der Waals surface area contributed by atoms with Crippen LogP contribution in [0.2, 0.25) is 0 Å². The van der Waals surface area contributed by atoms with Crippen LogP contribution in [0.3, 0.4) is 0 Å². The lowest BCUT2D eigenvalue weighted by Crippen LogP contribution is -2.27. The maximum Gasteiger partial charge on any atom is 0.255 e. The Bertz CT molecular complexity index is 1480. The SMILES string of the molecule is COCCNC(=O)c1c(Oc2cccc(-c3nc(C(O)c4ccccc4)c[nH]3)c2)ccc2[nH]ccc12. The summed E-state index contributed by atoms with van der Waals surface area (Å²) in [7, 11) is 1.59. The minimum atomic E-state index is -0.831. The predicted molar refractivity (Wildman–Crippen MR) is 137 cm³/mol. The molecule has 5 rings (SSSR count). The number of methoxy groups -OCH3 is 1. The monoisotopic (exact) mass is 482 g/mol. The van der Waals surface area contributed by atoms with E-state index in [4.69, 9.17) is 9.47 Å². The molecular formula is C28H26N4O4. The number of aromatic amines is 2. The van der Waals surface area contributed by atoms with E-state index in [9.17, 15) is 9.90 Å². The van der Waals surface area contributed by atoms with Gasteiger partial charge in [0, 0.05) is 42.5 Å². The fraction of sp³-hybridized carbons (Fsp3) is 0.143. The van der Waals surface area contributed by atoms with E-state index >= 15 is 0 Å². The molecule has 0 spiro atoms. The average Bonchev–Trinajstić information content (AvgIpc) is 3.59. The van der Waals surface area contributed by atoms with Crippen LogP contribution in [-0.4, -0.2) is 46.2 Å². The maximum absolute atomic E-state index is 13.0. The van der Waals surface area contributed by atoms with Gasteiger partial charge < -0.3 is 29.9 Å². The first-order valence-electron chi connectivity index (χ1n) is 11.6. The molecule has 0 aliphatic carbocycles. The number of aromatic nitrogens is 3. The minimum Gasteiger partial charge on any atom is -0.456 e. The zero-order chi connectivity index (χ0) is 24.9. The highest BCUT2D eigenvalue weighted by Crippen LogP contribution is 2.33. The van der Waals surface area contributed by atoms with Crippen molar-refractivity contribution in [2.24, 2.45) is 0 Å². The van der Waals surface area contributed by atoms with Gasteiger partial charge in [0.05, 0.1) is 17.9 Å². The molecule has 3 aromatic carbocycles. The largest absolute Gasteiger partial charge is 0.456 e. The summed E-state index contributed by atoms with van der Waals surface area (Å²) >= 11 is 0. The second kappa shape index (κ2) is 10.5. The van der Waals surface area contributed by atoms with Gasteiger partial charge in [0.2, 0.25) is 0 Å². The molecule has 5 aromatic rings. The molecule has 1 amide bonds. The van der Waals surface area contributed by atoms with E-state index in [1.807, 2.05) is 66.7 Å². The number of amides is 1. The number of H-pyrrole nitrogens is 2. The second-order valence-electron chi connectivity index (χ2n) is 8.24. The van der Waals surface area contributed by atoms with Gasteiger partial charge in [-0.2, -0.15) is 0 Å². The highest BCUT2D eigenvalue weighted by atomic mass is 16.5. The smallest absolute Gasteiger partial charge is 0.255 e. The Morgan fingerprint density at radius 2 is 1.92 bits per heavy atom. The Balaban J connectivity index is 1.41. The third kappa shape index (κ3) is 4.86. The Labute approximate surface area is 207 Å². The minimum absolute atomic E-state index is 0.242. The van der Waals surface area contributed by atoms with Gasteiger partial charge >= 0.3 is 0 Å². The lowest BCUT2D eigenvalue weighted by atomic mass is 10.1.